The molecule has 1 aromatic heterocycles. The van der Waals surface area contributed by atoms with E-state index in [0.717, 1.165) is 21.7 Å². The Morgan fingerprint density at radius 3 is 2.41 bits per heavy atom. The van der Waals surface area contributed by atoms with Gasteiger partial charge in [0.2, 0.25) is 0 Å². The van der Waals surface area contributed by atoms with Gasteiger partial charge in [0.1, 0.15) is 11.3 Å². The molecular formula is C28H22N2O4. The number of hydrogen-bond donors (Lipinski definition) is 2. The highest BCUT2D eigenvalue weighted by Gasteiger charge is 2.14. The largest absolute Gasteiger partial charge is 0.483 e. The van der Waals surface area contributed by atoms with Gasteiger partial charge in [-0.15, -0.1) is 0 Å². The molecule has 168 valence electrons. The summed E-state index contributed by atoms with van der Waals surface area (Å²) in [5, 5.41) is 8.57. The molecule has 0 fully saturated rings. The number of fused-ring (bicyclic) bond motifs is 2. The highest BCUT2D eigenvalue weighted by Crippen LogP contribution is 2.26. The fourth-order valence-corrected chi connectivity index (χ4v) is 3.82. The van der Waals surface area contributed by atoms with E-state index in [1.165, 1.54) is 0 Å². The van der Waals surface area contributed by atoms with Gasteiger partial charge in [0.25, 0.3) is 11.8 Å². The molecule has 0 unspecified atom stereocenters. The Morgan fingerprint density at radius 1 is 0.824 bits per heavy atom. The molecule has 1 heterocycles. The zero-order chi connectivity index (χ0) is 23.5. The van der Waals surface area contributed by atoms with Crippen molar-refractivity contribution in [1.82, 2.24) is 0 Å². The molecule has 0 saturated carbocycles. The summed E-state index contributed by atoms with van der Waals surface area (Å²) in [6.45, 7) is 1.74. The van der Waals surface area contributed by atoms with Gasteiger partial charge < -0.3 is 19.8 Å². The number of hydrogen-bond acceptors (Lipinski definition) is 4. The molecule has 0 spiro atoms. The summed E-state index contributed by atoms with van der Waals surface area (Å²) in [5.74, 6) is 0.294. The monoisotopic (exact) mass is 450 g/mol. The lowest BCUT2D eigenvalue weighted by atomic mass is 10.1. The number of anilines is 2. The van der Waals surface area contributed by atoms with E-state index in [2.05, 4.69) is 10.6 Å². The van der Waals surface area contributed by atoms with E-state index in [-0.39, 0.29) is 24.2 Å². The Bertz CT molecular complexity index is 1480. The average Bonchev–Trinajstić information content (AvgIpc) is 3.29. The van der Waals surface area contributed by atoms with Crippen LogP contribution in [0.2, 0.25) is 0 Å². The van der Waals surface area contributed by atoms with Gasteiger partial charge in [-0.1, -0.05) is 54.6 Å². The van der Waals surface area contributed by atoms with Crippen LogP contribution in [0.25, 0.3) is 21.7 Å². The standard InChI is InChI=1S/C28H22N2O4/c1-18-15-21(29-27(31)17-33-25-12-6-9-19-7-2-4-10-22(19)25)13-14-23(18)30-28(32)26-16-20-8-3-5-11-24(20)34-26/h2-16H,17H2,1H3,(H,29,31)(H,30,32). The molecule has 0 aliphatic heterocycles. The number of carbonyl (C=O) groups is 2. The van der Waals surface area contributed by atoms with Gasteiger partial charge in [-0.05, 0) is 54.3 Å². The minimum atomic E-state index is -0.334. The first-order chi connectivity index (χ1) is 16.6. The number of furan rings is 1. The molecule has 0 atom stereocenters. The highest BCUT2D eigenvalue weighted by atomic mass is 16.5. The molecule has 5 rings (SSSR count). The first-order valence-electron chi connectivity index (χ1n) is 10.9. The van der Waals surface area contributed by atoms with Gasteiger partial charge in [0, 0.05) is 22.1 Å². The van der Waals surface area contributed by atoms with Crippen LogP contribution >= 0.6 is 0 Å². The second-order valence-electron chi connectivity index (χ2n) is 7.95. The van der Waals surface area contributed by atoms with Crippen LogP contribution in [0, 0.1) is 6.92 Å². The Kier molecular flexibility index (Phi) is 5.70. The van der Waals surface area contributed by atoms with Crippen LogP contribution in [0.3, 0.4) is 0 Å². The minimum absolute atomic E-state index is 0.113. The number of para-hydroxylation sites is 1. The summed E-state index contributed by atoms with van der Waals surface area (Å²) in [6, 6.07) is 28.1. The lowest BCUT2D eigenvalue weighted by Gasteiger charge is -2.12. The van der Waals surface area contributed by atoms with Crippen LogP contribution in [0.15, 0.2) is 95.4 Å². The average molecular weight is 450 g/mol. The molecule has 34 heavy (non-hydrogen) atoms. The van der Waals surface area contributed by atoms with Crippen LogP contribution in [0.5, 0.6) is 5.75 Å². The van der Waals surface area contributed by atoms with Crippen molar-refractivity contribution in [3.05, 3.63) is 102 Å². The van der Waals surface area contributed by atoms with Gasteiger partial charge >= 0.3 is 0 Å². The molecule has 2 amide bonds. The molecule has 0 aliphatic carbocycles. The summed E-state index contributed by atoms with van der Waals surface area (Å²) in [7, 11) is 0. The molecule has 0 saturated heterocycles. The zero-order valence-electron chi connectivity index (χ0n) is 18.5. The van der Waals surface area contributed by atoms with Crippen LogP contribution < -0.4 is 15.4 Å². The SMILES string of the molecule is Cc1cc(NC(=O)COc2cccc3ccccc23)ccc1NC(=O)c1cc2ccccc2o1. The Hall–Kier alpha value is -4.58. The third kappa shape index (κ3) is 4.47. The summed E-state index contributed by atoms with van der Waals surface area (Å²) in [5.41, 5.74) is 2.71. The van der Waals surface area contributed by atoms with Gasteiger partial charge in [-0.25, -0.2) is 0 Å². The Morgan fingerprint density at radius 2 is 1.59 bits per heavy atom. The summed E-state index contributed by atoms with van der Waals surface area (Å²) in [6.07, 6.45) is 0. The second kappa shape index (κ2) is 9.11. The quantitative estimate of drug-likeness (QED) is 0.324. The molecule has 0 bridgehead atoms. The third-order valence-corrected chi connectivity index (χ3v) is 5.52. The Labute approximate surface area is 196 Å². The van der Waals surface area contributed by atoms with E-state index in [4.69, 9.17) is 9.15 Å². The van der Waals surface area contributed by atoms with Crippen molar-refractivity contribution in [3.63, 3.8) is 0 Å². The molecule has 2 N–H and O–H groups in total. The first kappa shape index (κ1) is 21.3. The van der Waals surface area contributed by atoms with Crippen molar-refractivity contribution in [2.75, 3.05) is 17.2 Å². The third-order valence-electron chi connectivity index (χ3n) is 5.52. The summed E-state index contributed by atoms with van der Waals surface area (Å²) < 4.78 is 11.4. The predicted molar refractivity (Wildman–Crippen MR) is 133 cm³/mol. The van der Waals surface area contributed by atoms with Gasteiger partial charge in [-0.2, -0.15) is 0 Å². The number of carbonyl (C=O) groups excluding carboxylic acids is 2. The van der Waals surface area contributed by atoms with Gasteiger partial charge in [-0.3, -0.25) is 9.59 Å². The van der Waals surface area contributed by atoms with Crippen LogP contribution in [-0.2, 0) is 4.79 Å². The van der Waals surface area contributed by atoms with Gasteiger partial charge in [0.05, 0.1) is 0 Å². The highest BCUT2D eigenvalue weighted by molar-refractivity contribution is 6.05. The lowest BCUT2D eigenvalue weighted by molar-refractivity contribution is -0.118. The maximum atomic E-state index is 12.6. The van der Waals surface area contributed by atoms with Crippen molar-refractivity contribution < 1.29 is 18.7 Å². The number of rotatable bonds is 6. The topological polar surface area (TPSA) is 80.6 Å². The second-order valence-corrected chi connectivity index (χ2v) is 7.95. The number of nitrogens with one attached hydrogen (secondary N) is 2. The number of benzene rings is 4. The summed E-state index contributed by atoms with van der Waals surface area (Å²) >= 11 is 0. The van der Waals surface area contributed by atoms with Crippen molar-refractivity contribution in [1.29, 1.82) is 0 Å². The summed E-state index contributed by atoms with van der Waals surface area (Å²) in [4.78, 5) is 25.1. The maximum Gasteiger partial charge on any atom is 0.291 e. The molecule has 6 nitrogen and oxygen atoms in total. The fourth-order valence-electron chi connectivity index (χ4n) is 3.82. The molecule has 6 heteroatoms. The molecule has 4 aromatic carbocycles. The van der Waals surface area contributed by atoms with E-state index in [1.807, 2.05) is 73.7 Å². The maximum absolute atomic E-state index is 12.6. The fraction of sp³-hybridized carbons (Fsp3) is 0.0714. The van der Waals surface area contributed by atoms with Crippen molar-refractivity contribution >= 4 is 44.9 Å². The normalized spacial score (nSPS) is 10.9. The first-order valence-corrected chi connectivity index (χ1v) is 10.9. The van der Waals surface area contributed by atoms with Crippen LogP contribution in [0.4, 0.5) is 11.4 Å². The zero-order valence-corrected chi connectivity index (χ0v) is 18.5. The van der Waals surface area contributed by atoms with E-state index in [1.54, 1.807) is 24.3 Å². The lowest BCUT2D eigenvalue weighted by Crippen LogP contribution is -2.20. The predicted octanol–water partition coefficient (Wildman–Crippen LogP) is 6.16. The van der Waals surface area contributed by atoms with E-state index in [9.17, 15) is 9.59 Å². The van der Waals surface area contributed by atoms with E-state index >= 15 is 0 Å². The molecule has 0 aliphatic rings. The van der Waals surface area contributed by atoms with Crippen LogP contribution in [-0.4, -0.2) is 18.4 Å². The number of aryl methyl sites for hydroxylation is 1. The number of amides is 2. The van der Waals surface area contributed by atoms with Crippen molar-refractivity contribution in [2.24, 2.45) is 0 Å². The van der Waals surface area contributed by atoms with Crippen molar-refractivity contribution in [2.45, 2.75) is 6.92 Å². The number of ether oxygens (including phenoxy) is 1. The molecule has 0 radical (unpaired) electrons. The van der Waals surface area contributed by atoms with Crippen molar-refractivity contribution in [3.8, 4) is 5.75 Å². The Balaban J connectivity index is 1.21. The van der Waals surface area contributed by atoms with Crippen LogP contribution in [0.1, 0.15) is 16.1 Å². The van der Waals surface area contributed by atoms with E-state index < -0.39 is 0 Å². The molecular weight excluding hydrogens is 428 g/mol. The molecule has 5 aromatic rings. The smallest absolute Gasteiger partial charge is 0.291 e. The van der Waals surface area contributed by atoms with Gasteiger partial charge in [0.15, 0.2) is 12.4 Å². The van der Waals surface area contributed by atoms with E-state index in [0.29, 0.717) is 22.7 Å². The minimum Gasteiger partial charge on any atom is -0.483 e.